The van der Waals surface area contributed by atoms with Crippen molar-refractivity contribution in [1.82, 2.24) is 10.2 Å². The number of hydrogen-bond acceptors (Lipinski definition) is 8. The van der Waals surface area contributed by atoms with Crippen LogP contribution >= 0.6 is 11.6 Å². The molecule has 0 saturated heterocycles. The van der Waals surface area contributed by atoms with Crippen molar-refractivity contribution in [3.63, 3.8) is 0 Å². The van der Waals surface area contributed by atoms with Crippen molar-refractivity contribution in [2.45, 2.75) is 105 Å². The highest BCUT2D eigenvalue weighted by Gasteiger charge is 2.64. The van der Waals surface area contributed by atoms with Crippen molar-refractivity contribution in [1.29, 1.82) is 5.26 Å². The van der Waals surface area contributed by atoms with Gasteiger partial charge in [0, 0.05) is 35.0 Å². The number of carbonyl (C=O) groups excluding carboxylic acids is 3. The zero-order chi connectivity index (χ0) is 35.4. The molecule has 0 aliphatic heterocycles. The second kappa shape index (κ2) is 14.4. The second-order valence-electron chi connectivity index (χ2n) is 15.0. The highest BCUT2D eigenvalue weighted by atomic mass is 35.5. The molecule has 1 saturated carbocycles. The van der Waals surface area contributed by atoms with Crippen LogP contribution in [0.5, 0.6) is 11.5 Å². The smallest absolute Gasteiger partial charge is 0.419 e. The van der Waals surface area contributed by atoms with E-state index in [4.69, 9.17) is 35.8 Å². The molecular formula is C36H48ClN3O7. The molecule has 10 nitrogen and oxygen atoms in total. The molecule has 1 N–H and O–H groups in total. The predicted octanol–water partition coefficient (Wildman–Crippen LogP) is 8.15. The van der Waals surface area contributed by atoms with Crippen molar-refractivity contribution in [3.05, 3.63) is 58.6 Å². The highest BCUT2D eigenvalue weighted by Crippen LogP contribution is 2.55. The maximum atomic E-state index is 13.2. The van der Waals surface area contributed by atoms with Gasteiger partial charge in [-0.15, -0.1) is 0 Å². The third-order valence-electron chi connectivity index (χ3n) is 7.82. The Morgan fingerprint density at radius 1 is 0.872 bits per heavy atom. The van der Waals surface area contributed by atoms with E-state index < -0.39 is 23.4 Å². The molecule has 1 aliphatic carbocycles. The summed E-state index contributed by atoms with van der Waals surface area (Å²) >= 11 is 6.20. The zero-order valence-corrected chi connectivity index (χ0v) is 29.9. The van der Waals surface area contributed by atoms with Crippen molar-refractivity contribution < 1.29 is 33.3 Å². The number of amides is 3. The fourth-order valence-corrected chi connectivity index (χ4v) is 6.18. The van der Waals surface area contributed by atoms with E-state index in [9.17, 15) is 14.4 Å². The number of carbonyl (C=O) groups is 3. The van der Waals surface area contributed by atoms with Crippen LogP contribution in [0.2, 0.25) is 5.02 Å². The lowest BCUT2D eigenvalue weighted by molar-refractivity contribution is -0.164. The van der Waals surface area contributed by atoms with Gasteiger partial charge in [0.1, 0.15) is 34.9 Å². The van der Waals surface area contributed by atoms with Crippen LogP contribution < -0.4 is 14.8 Å². The summed E-state index contributed by atoms with van der Waals surface area (Å²) in [6, 6.07) is 13.8. The van der Waals surface area contributed by atoms with Crippen LogP contribution in [0, 0.1) is 22.2 Å². The minimum absolute atomic E-state index is 0.118. The average Bonchev–Trinajstić information content (AvgIpc) is 2.94. The maximum absolute atomic E-state index is 13.2. The normalized spacial score (nSPS) is 18.2. The molecule has 256 valence electrons. The van der Waals surface area contributed by atoms with Gasteiger partial charge in [0.05, 0.1) is 17.2 Å². The van der Waals surface area contributed by atoms with Crippen LogP contribution in [0.15, 0.2) is 42.5 Å². The van der Waals surface area contributed by atoms with E-state index in [2.05, 4.69) is 33.0 Å². The van der Waals surface area contributed by atoms with E-state index in [1.165, 1.54) is 0 Å². The van der Waals surface area contributed by atoms with Crippen LogP contribution in [0.1, 0.15) is 98.0 Å². The molecular weight excluding hydrogens is 622 g/mol. The Morgan fingerprint density at radius 2 is 1.40 bits per heavy atom. The van der Waals surface area contributed by atoms with Gasteiger partial charge in [-0.3, -0.25) is 4.79 Å². The second-order valence-corrected chi connectivity index (χ2v) is 15.4. The molecule has 0 heterocycles. The Bertz CT molecular complexity index is 1440. The first-order chi connectivity index (χ1) is 21.7. The third-order valence-corrected chi connectivity index (χ3v) is 8.13. The average molecular weight is 670 g/mol. The van der Waals surface area contributed by atoms with Gasteiger partial charge < -0.3 is 24.3 Å². The standard InChI is InChI=1S/C36H48ClN3O7/c1-33(2,3)46-31(42)40(32(43)47-34(4,5)6)19-11-12-20-44-25-16-13-23(14-17-25)28(41)39-29-35(7,8)30(36(29,9)10)45-26-18-15-24(22-38)27(37)21-26/h13-18,21,29-30H,11-12,19-20H2,1-10H3,(H,39,41). The molecule has 3 amide bonds. The molecule has 0 bridgehead atoms. The summed E-state index contributed by atoms with van der Waals surface area (Å²) in [5, 5.41) is 12.7. The summed E-state index contributed by atoms with van der Waals surface area (Å²) in [7, 11) is 0. The highest BCUT2D eigenvalue weighted by molar-refractivity contribution is 6.31. The summed E-state index contributed by atoms with van der Waals surface area (Å²) < 4.78 is 23.0. The molecule has 0 spiro atoms. The van der Waals surface area contributed by atoms with E-state index in [0.717, 1.165) is 4.90 Å². The monoisotopic (exact) mass is 669 g/mol. The zero-order valence-electron chi connectivity index (χ0n) is 29.2. The Balaban J connectivity index is 1.52. The molecule has 1 fully saturated rings. The lowest BCUT2D eigenvalue weighted by Crippen LogP contribution is -2.74. The largest absolute Gasteiger partial charge is 0.494 e. The maximum Gasteiger partial charge on any atom is 0.419 e. The number of unbranched alkanes of at least 4 members (excludes halogenated alkanes) is 1. The van der Waals surface area contributed by atoms with E-state index in [-0.39, 0.29) is 35.4 Å². The first-order valence-electron chi connectivity index (χ1n) is 15.8. The number of nitriles is 1. The summed E-state index contributed by atoms with van der Waals surface area (Å²) in [5.74, 6) is 0.965. The van der Waals surface area contributed by atoms with Crippen LogP contribution in [-0.2, 0) is 9.47 Å². The van der Waals surface area contributed by atoms with E-state index in [0.29, 0.717) is 47.1 Å². The fourth-order valence-electron chi connectivity index (χ4n) is 5.97. The number of nitrogens with zero attached hydrogens (tertiary/aromatic N) is 2. The predicted molar refractivity (Wildman–Crippen MR) is 180 cm³/mol. The summed E-state index contributed by atoms with van der Waals surface area (Å²) in [4.78, 5) is 39.5. The fraction of sp³-hybridized carbons (Fsp3) is 0.556. The minimum atomic E-state index is -0.757. The summed E-state index contributed by atoms with van der Waals surface area (Å²) in [6.07, 6.45) is -0.674. The van der Waals surface area contributed by atoms with Gasteiger partial charge in [-0.05, 0) is 90.8 Å². The van der Waals surface area contributed by atoms with Crippen LogP contribution in [0.4, 0.5) is 9.59 Å². The van der Waals surface area contributed by atoms with Gasteiger partial charge in [0.15, 0.2) is 0 Å². The first-order valence-corrected chi connectivity index (χ1v) is 16.2. The Labute approximate surface area is 283 Å². The Morgan fingerprint density at radius 3 is 1.89 bits per heavy atom. The number of benzene rings is 2. The van der Waals surface area contributed by atoms with Gasteiger partial charge in [-0.1, -0.05) is 39.3 Å². The number of ether oxygens (including phenoxy) is 4. The quantitative estimate of drug-likeness (QED) is 0.251. The molecule has 0 radical (unpaired) electrons. The van der Waals surface area contributed by atoms with Gasteiger partial charge in [-0.2, -0.15) is 5.26 Å². The molecule has 0 atom stereocenters. The minimum Gasteiger partial charge on any atom is -0.494 e. The van der Waals surface area contributed by atoms with Crippen molar-refractivity contribution in [2.24, 2.45) is 10.8 Å². The molecule has 47 heavy (non-hydrogen) atoms. The SMILES string of the molecule is CC(C)(C)OC(=O)N(CCCCOc1ccc(C(=O)NC2C(C)(C)C(Oc3ccc(C#N)c(Cl)c3)C2(C)C)cc1)C(=O)OC(C)(C)C. The van der Waals surface area contributed by atoms with E-state index >= 15 is 0 Å². The van der Waals surface area contributed by atoms with Gasteiger partial charge in [0.2, 0.25) is 0 Å². The molecule has 2 aromatic rings. The van der Waals surface area contributed by atoms with Crippen LogP contribution in [0.25, 0.3) is 0 Å². The molecule has 11 heteroatoms. The number of halogens is 1. The lowest BCUT2D eigenvalue weighted by Gasteiger charge is -2.63. The van der Waals surface area contributed by atoms with Crippen LogP contribution in [0.3, 0.4) is 0 Å². The van der Waals surface area contributed by atoms with Crippen molar-refractivity contribution in [3.8, 4) is 17.6 Å². The third kappa shape index (κ3) is 9.77. The lowest BCUT2D eigenvalue weighted by atomic mass is 9.49. The van der Waals surface area contributed by atoms with E-state index in [1.54, 1.807) is 84.0 Å². The van der Waals surface area contributed by atoms with Crippen LogP contribution in [-0.4, -0.2) is 59.5 Å². The molecule has 2 aromatic carbocycles. The molecule has 0 unspecified atom stereocenters. The molecule has 1 aliphatic rings. The summed E-state index contributed by atoms with van der Waals surface area (Å²) in [6.45, 7) is 19.1. The van der Waals surface area contributed by atoms with Gasteiger partial charge >= 0.3 is 12.2 Å². The van der Waals surface area contributed by atoms with E-state index in [1.807, 2.05) is 6.07 Å². The topological polar surface area (TPSA) is 127 Å². The van der Waals surface area contributed by atoms with Gasteiger partial charge in [-0.25, -0.2) is 14.5 Å². The number of imide groups is 1. The molecule has 3 rings (SSSR count). The van der Waals surface area contributed by atoms with Crippen molar-refractivity contribution in [2.75, 3.05) is 13.2 Å². The summed E-state index contributed by atoms with van der Waals surface area (Å²) in [5.41, 5.74) is -1.40. The first kappa shape index (κ1) is 37.5. The number of hydrogen-bond donors (Lipinski definition) is 1. The number of rotatable bonds is 10. The number of nitrogens with one attached hydrogen (secondary N) is 1. The molecule has 0 aromatic heterocycles. The Kier molecular flexibility index (Phi) is 11.5. The Hall–Kier alpha value is -3.97. The van der Waals surface area contributed by atoms with Crippen molar-refractivity contribution >= 4 is 29.7 Å². The van der Waals surface area contributed by atoms with Gasteiger partial charge in [0.25, 0.3) is 5.91 Å².